The lowest BCUT2D eigenvalue weighted by molar-refractivity contribution is -0.384. The molecule has 128 valence electrons. The van der Waals surface area contributed by atoms with Crippen LogP contribution in [0.5, 0.6) is 0 Å². The molecule has 0 spiro atoms. The maximum Gasteiger partial charge on any atom is 0.273 e. The lowest BCUT2D eigenvalue weighted by Gasteiger charge is -2.10. The van der Waals surface area contributed by atoms with E-state index in [1.165, 1.54) is 18.4 Å². The molecule has 0 saturated carbocycles. The van der Waals surface area contributed by atoms with E-state index in [2.05, 4.69) is 10.3 Å². The van der Waals surface area contributed by atoms with Gasteiger partial charge in [-0.05, 0) is 17.9 Å². The zero-order chi connectivity index (χ0) is 17.7. The minimum absolute atomic E-state index is 0.0411. The summed E-state index contributed by atoms with van der Waals surface area (Å²) in [7, 11) is 0. The van der Waals surface area contributed by atoms with Crippen LogP contribution in [-0.4, -0.2) is 22.4 Å². The van der Waals surface area contributed by atoms with Crippen molar-refractivity contribution in [2.75, 3.05) is 6.54 Å². The van der Waals surface area contributed by atoms with Gasteiger partial charge in [-0.3, -0.25) is 14.9 Å². The minimum atomic E-state index is -0.449. The monoisotopic (exact) mass is 332 g/mol. The molecule has 1 unspecified atom stereocenters. The molecule has 24 heavy (non-hydrogen) atoms. The minimum Gasteiger partial charge on any atom is -0.446 e. The molecule has 1 heterocycles. The van der Waals surface area contributed by atoms with Crippen LogP contribution in [0.2, 0.25) is 0 Å². The molecule has 2 aromatic rings. The van der Waals surface area contributed by atoms with E-state index in [9.17, 15) is 14.9 Å². The van der Waals surface area contributed by atoms with Crippen LogP contribution in [0, 0.1) is 16.0 Å². The number of carbonyl (C=O) groups excluding carboxylic acids is 1. The Balaban J connectivity index is 1.86. The number of nitrogens with zero attached hydrogens (tertiary/aromatic N) is 2. The molecule has 8 nitrogen and oxygen atoms in total. The molecule has 0 aliphatic rings. The molecule has 1 aromatic carbocycles. The van der Waals surface area contributed by atoms with E-state index in [0.29, 0.717) is 18.9 Å². The van der Waals surface area contributed by atoms with Gasteiger partial charge in [-0.1, -0.05) is 26.0 Å². The van der Waals surface area contributed by atoms with E-state index in [-0.39, 0.29) is 29.2 Å². The second kappa shape index (κ2) is 7.69. The van der Waals surface area contributed by atoms with E-state index in [1.807, 2.05) is 13.8 Å². The maximum absolute atomic E-state index is 12.0. The summed E-state index contributed by atoms with van der Waals surface area (Å²) < 4.78 is 5.25. The zero-order valence-electron chi connectivity index (χ0n) is 13.6. The Labute approximate surface area is 139 Å². The Bertz CT molecular complexity index is 709. The van der Waals surface area contributed by atoms with Gasteiger partial charge in [-0.2, -0.15) is 0 Å². The van der Waals surface area contributed by atoms with Crippen molar-refractivity contribution >= 4 is 11.6 Å². The normalized spacial score (nSPS) is 12.2. The quantitative estimate of drug-likeness (QED) is 0.591. The average Bonchev–Trinajstić information content (AvgIpc) is 3.04. The van der Waals surface area contributed by atoms with Crippen LogP contribution in [0.1, 0.15) is 41.8 Å². The second-order valence-electron chi connectivity index (χ2n) is 5.77. The number of hydrogen-bond donors (Lipinski definition) is 2. The Kier molecular flexibility index (Phi) is 5.64. The second-order valence-corrected chi connectivity index (χ2v) is 5.77. The summed E-state index contributed by atoms with van der Waals surface area (Å²) >= 11 is 0. The third-order valence-electron chi connectivity index (χ3n) is 3.60. The third kappa shape index (κ3) is 4.39. The fraction of sp³-hybridized carbons (Fsp3) is 0.375. The number of benzene rings is 1. The largest absolute Gasteiger partial charge is 0.446 e. The van der Waals surface area contributed by atoms with Crippen LogP contribution < -0.4 is 11.1 Å². The Morgan fingerprint density at radius 2 is 2.04 bits per heavy atom. The van der Waals surface area contributed by atoms with Gasteiger partial charge in [0, 0.05) is 18.7 Å². The number of oxazole rings is 1. The molecule has 0 aliphatic heterocycles. The Morgan fingerprint density at radius 3 is 2.62 bits per heavy atom. The van der Waals surface area contributed by atoms with Gasteiger partial charge in [0.25, 0.3) is 11.6 Å². The number of carbonyl (C=O) groups is 1. The molecule has 1 aromatic heterocycles. The summed E-state index contributed by atoms with van der Waals surface area (Å²) in [6.07, 6.45) is 1.85. The Hall–Kier alpha value is -2.74. The highest BCUT2D eigenvalue weighted by Gasteiger charge is 2.19. The highest BCUT2D eigenvalue weighted by Crippen LogP contribution is 2.18. The molecule has 0 saturated heterocycles. The van der Waals surface area contributed by atoms with Crippen LogP contribution >= 0.6 is 0 Å². The van der Waals surface area contributed by atoms with Crippen molar-refractivity contribution in [3.8, 4) is 0 Å². The lowest BCUT2D eigenvalue weighted by atomic mass is 10.1. The number of rotatable bonds is 7. The molecule has 8 heteroatoms. The molecule has 0 aliphatic carbocycles. The molecule has 2 rings (SSSR count). The number of nitro groups is 1. The summed E-state index contributed by atoms with van der Waals surface area (Å²) in [5.41, 5.74) is 7.04. The number of nitro benzene ring substituents is 1. The summed E-state index contributed by atoms with van der Waals surface area (Å²) in [5.74, 6) is 0.148. The summed E-state index contributed by atoms with van der Waals surface area (Å²) in [4.78, 5) is 26.3. The van der Waals surface area contributed by atoms with Gasteiger partial charge in [0.1, 0.15) is 6.26 Å². The predicted molar refractivity (Wildman–Crippen MR) is 87.4 cm³/mol. The molecule has 0 radical (unpaired) electrons. The van der Waals surface area contributed by atoms with Gasteiger partial charge in [-0.25, -0.2) is 4.98 Å². The first-order chi connectivity index (χ1) is 11.4. The molecule has 1 amide bonds. The smallest absolute Gasteiger partial charge is 0.273 e. The Morgan fingerprint density at radius 1 is 1.38 bits per heavy atom. The molecule has 0 bridgehead atoms. The van der Waals surface area contributed by atoms with Crippen LogP contribution in [0.3, 0.4) is 0 Å². The molecular weight excluding hydrogens is 312 g/mol. The van der Waals surface area contributed by atoms with Gasteiger partial charge < -0.3 is 15.5 Å². The molecule has 3 N–H and O–H groups in total. The fourth-order valence-corrected chi connectivity index (χ4v) is 2.03. The number of amides is 1. The van der Waals surface area contributed by atoms with E-state index in [0.717, 1.165) is 5.56 Å². The third-order valence-corrected chi connectivity index (χ3v) is 3.60. The van der Waals surface area contributed by atoms with Crippen LogP contribution in [0.15, 0.2) is 34.9 Å². The first-order valence-electron chi connectivity index (χ1n) is 7.61. The van der Waals surface area contributed by atoms with Gasteiger partial charge in [0.05, 0.1) is 11.0 Å². The summed E-state index contributed by atoms with van der Waals surface area (Å²) in [6.45, 7) is 4.27. The highest BCUT2D eigenvalue weighted by molar-refractivity contribution is 5.91. The molecule has 0 fully saturated rings. The maximum atomic E-state index is 12.0. The molecular formula is C16H20N4O4. The van der Waals surface area contributed by atoms with E-state index >= 15 is 0 Å². The van der Waals surface area contributed by atoms with Crippen molar-refractivity contribution in [1.29, 1.82) is 0 Å². The van der Waals surface area contributed by atoms with Crippen molar-refractivity contribution in [1.82, 2.24) is 10.3 Å². The van der Waals surface area contributed by atoms with Crippen molar-refractivity contribution < 1.29 is 14.1 Å². The van der Waals surface area contributed by atoms with Crippen LogP contribution in [0.4, 0.5) is 5.69 Å². The van der Waals surface area contributed by atoms with Gasteiger partial charge in [-0.15, -0.1) is 0 Å². The number of hydrogen-bond acceptors (Lipinski definition) is 6. The van der Waals surface area contributed by atoms with Crippen LogP contribution in [0.25, 0.3) is 0 Å². The summed E-state index contributed by atoms with van der Waals surface area (Å²) in [6, 6.07) is 5.86. The number of non-ortho nitro benzene ring substituents is 1. The first-order valence-corrected chi connectivity index (χ1v) is 7.61. The van der Waals surface area contributed by atoms with Crippen molar-refractivity contribution in [3.63, 3.8) is 0 Å². The van der Waals surface area contributed by atoms with Crippen molar-refractivity contribution in [2.24, 2.45) is 11.7 Å². The van der Waals surface area contributed by atoms with E-state index < -0.39 is 4.92 Å². The summed E-state index contributed by atoms with van der Waals surface area (Å²) in [5, 5.41) is 13.3. The molecule has 1 atom stereocenters. The van der Waals surface area contributed by atoms with Gasteiger partial charge in [0.2, 0.25) is 5.89 Å². The fourth-order valence-electron chi connectivity index (χ4n) is 2.03. The predicted octanol–water partition coefficient (Wildman–Crippen LogP) is 2.21. The first kappa shape index (κ1) is 17.6. The van der Waals surface area contributed by atoms with Crippen molar-refractivity contribution in [3.05, 3.63) is 57.8 Å². The SMILES string of the molecule is CC(C)C(N)c1nc(C(=O)NCCc2ccc([N+](=O)[O-])cc2)co1. The number of aromatic nitrogens is 1. The average molecular weight is 332 g/mol. The lowest BCUT2D eigenvalue weighted by Crippen LogP contribution is -2.26. The number of nitrogens with one attached hydrogen (secondary N) is 1. The van der Waals surface area contributed by atoms with Gasteiger partial charge in [0.15, 0.2) is 5.69 Å². The zero-order valence-corrected chi connectivity index (χ0v) is 13.6. The van der Waals surface area contributed by atoms with Gasteiger partial charge >= 0.3 is 0 Å². The highest BCUT2D eigenvalue weighted by atomic mass is 16.6. The topological polar surface area (TPSA) is 124 Å². The number of nitrogens with two attached hydrogens (primary N) is 1. The van der Waals surface area contributed by atoms with E-state index in [4.69, 9.17) is 10.2 Å². The standard InChI is InChI=1S/C16H20N4O4/c1-10(2)14(17)16-19-13(9-24-16)15(21)18-8-7-11-3-5-12(6-4-11)20(22)23/h3-6,9-10,14H,7-8,17H2,1-2H3,(H,18,21). The van der Waals surface area contributed by atoms with E-state index in [1.54, 1.807) is 12.1 Å². The van der Waals surface area contributed by atoms with Crippen molar-refractivity contribution in [2.45, 2.75) is 26.3 Å². The van der Waals surface area contributed by atoms with Crippen LogP contribution in [-0.2, 0) is 6.42 Å².